The highest BCUT2D eigenvalue weighted by molar-refractivity contribution is 6.06. The zero-order chi connectivity index (χ0) is 19.1. The van der Waals surface area contributed by atoms with E-state index in [4.69, 9.17) is 0 Å². The van der Waals surface area contributed by atoms with E-state index in [9.17, 15) is 14.4 Å². The standard InChI is InChI=1S/C20H23N3O3/c1-13(2)8-10-22-20(26)18-12-16(9-11-21-18)19(25)23-17-6-4-15(5-7-17)14(3)24/h4-7,9,11-13H,8,10H2,1-3H3,(H,22,26)(H,23,25). The third kappa shape index (κ3) is 5.51. The van der Waals surface area contributed by atoms with Crippen LogP contribution in [0.25, 0.3) is 0 Å². The number of benzene rings is 1. The molecule has 0 spiro atoms. The van der Waals surface area contributed by atoms with Gasteiger partial charge >= 0.3 is 0 Å². The number of aromatic nitrogens is 1. The summed E-state index contributed by atoms with van der Waals surface area (Å²) < 4.78 is 0. The van der Waals surface area contributed by atoms with Crippen molar-refractivity contribution in [2.45, 2.75) is 27.2 Å². The molecule has 2 N–H and O–H groups in total. The summed E-state index contributed by atoms with van der Waals surface area (Å²) in [7, 11) is 0. The van der Waals surface area contributed by atoms with Gasteiger partial charge < -0.3 is 10.6 Å². The second-order valence-electron chi connectivity index (χ2n) is 6.46. The van der Waals surface area contributed by atoms with E-state index >= 15 is 0 Å². The minimum Gasteiger partial charge on any atom is -0.351 e. The van der Waals surface area contributed by atoms with E-state index in [0.717, 1.165) is 6.42 Å². The highest BCUT2D eigenvalue weighted by atomic mass is 16.2. The Labute approximate surface area is 153 Å². The van der Waals surface area contributed by atoms with Crippen molar-refractivity contribution >= 4 is 23.3 Å². The van der Waals surface area contributed by atoms with Crippen LogP contribution < -0.4 is 10.6 Å². The van der Waals surface area contributed by atoms with Gasteiger partial charge in [-0.05, 0) is 55.7 Å². The summed E-state index contributed by atoms with van der Waals surface area (Å²) in [5.41, 5.74) is 1.69. The maximum absolute atomic E-state index is 12.4. The Hall–Kier alpha value is -3.02. The number of ketones is 1. The lowest BCUT2D eigenvalue weighted by molar-refractivity contribution is 0.0946. The minimum atomic E-state index is -0.348. The summed E-state index contributed by atoms with van der Waals surface area (Å²) in [6.45, 7) is 6.21. The lowest BCUT2D eigenvalue weighted by atomic mass is 10.1. The number of Topliss-reactive ketones (excluding diaryl/α,β-unsaturated/α-hetero) is 1. The molecule has 0 saturated carbocycles. The molecule has 1 aromatic carbocycles. The highest BCUT2D eigenvalue weighted by Gasteiger charge is 2.12. The fraction of sp³-hybridized carbons (Fsp3) is 0.300. The monoisotopic (exact) mass is 353 g/mol. The van der Waals surface area contributed by atoms with Crippen LogP contribution in [-0.2, 0) is 0 Å². The normalized spacial score (nSPS) is 10.5. The predicted molar refractivity (Wildman–Crippen MR) is 100 cm³/mol. The van der Waals surface area contributed by atoms with E-state index in [1.165, 1.54) is 19.2 Å². The molecular formula is C20H23N3O3. The maximum Gasteiger partial charge on any atom is 0.269 e. The summed E-state index contributed by atoms with van der Waals surface area (Å²) in [6.07, 6.45) is 2.31. The second-order valence-corrected chi connectivity index (χ2v) is 6.46. The quantitative estimate of drug-likeness (QED) is 0.748. The first kappa shape index (κ1) is 19.3. The summed E-state index contributed by atoms with van der Waals surface area (Å²) in [6, 6.07) is 9.63. The van der Waals surface area contributed by atoms with Crippen LogP contribution in [0.4, 0.5) is 5.69 Å². The van der Waals surface area contributed by atoms with E-state index in [2.05, 4.69) is 29.5 Å². The van der Waals surface area contributed by atoms with Crippen LogP contribution in [0.5, 0.6) is 0 Å². The first-order valence-corrected chi connectivity index (χ1v) is 8.53. The zero-order valence-electron chi connectivity index (χ0n) is 15.2. The molecule has 1 heterocycles. The molecule has 2 rings (SSSR count). The Bertz CT molecular complexity index is 798. The molecule has 0 fully saturated rings. The van der Waals surface area contributed by atoms with Crippen LogP contribution in [0, 0.1) is 5.92 Å². The molecule has 0 saturated heterocycles. The van der Waals surface area contributed by atoms with Crippen LogP contribution in [0.3, 0.4) is 0 Å². The lowest BCUT2D eigenvalue weighted by Crippen LogP contribution is -2.26. The molecule has 136 valence electrons. The Morgan fingerprint density at radius 3 is 2.31 bits per heavy atom. The van der Waals surface area contributed by atoms with Gasteiger partial charge in [-0.15, -0.1) is 0 Å². The highest BCUT2D eigenvalue weighted by Crippen LogP contribution is 2.12. The SMILES string of the molecule is CC(=O)c1ccc(NC(=O)c2ccnc(C(=O)NCCC(C)C)c2)cc1. The molecule has 26 heavy (non-hydrogen) atoms. The molecular weight excluding hydrogens is 330 g/mol. The summed E-state index contributed by atoms with van der Waals surface area (Å²) in [5, 5.41) is 5.54. The van der Waals surface area contributed by atoms with Crippen LogP contribution in [-0.4, -0.2) is 29.1 Å². The fourth-order valence-corrected chi connectivity index (χ4v) is 2.25. The molecule has 0 aliphatic heterocycles. The van der Waals surface area contributed by atoms with Crippen LogP contribution in [0.1, 0.15) is 58.4 Å². The van der Waals surface area contributed by atoms with Crippen molar-refractivity contribution < 1.29 is 14.4 Å². The number of amides is 2. The number of rotatable bonds is 7. The average Bonchev–Trinajstić information content (AvgIpc) is 2.62. The van der Waals surface area contributed by atoms with Gasteiger partial charge in [-0.2, -0.15) is 0 Å². The van der Waals surface area contributed by atoms with Crippen LogP contribution in [0.2, 0.25) is 0 Å². The molecule has 2 aromatic rings. The third-order valence-corrected chi connectivity index (χ3v) is 3.81. The van der Waals surface area contributed by atoms with Crippen LogP contribution >= 0.6 is 0 Å². The van der Waals surface area contributed by atoms with Crippen molar-refractivity contribution in [3.05, 3.63) is 59.4 Å². The predicted octanol–water partition coefficient (Wildman–Crippen LogP) is 3.31. The van der Waals surface area contributed by atoms with Crippen molar-refractivity contribution in [2.75, 3.05) is 11.9 Å². The summed E-state index contributed by atoms with van der Waals surface area (Å²) in [4.78, 5) is 39.8. The van der Waals surface area contributed by atoms with Gasteiger partial charge in [0.1, 0.15) is 5.69 Å². The molecule has 2 amide bonds. The average molecular weight is 353 g/mol. The third-order valence-electron chi connectivity index (χ3n) is 3.81. The molecule has 0 aliphatic carbocycles. The van der Waals surface area contributed by atoms with Crippen molar-refractivity contribution in [1.29, 1.82) is 0 Å². The van der Waals surface area contributed by atoms with E-state index in [1.54, 1.807) is 30.3 Å². The first-order chi connectivity index (χ1) is 12.4. The van der Waals surface area contributed by atoms with Gasteiger partial charge in [0.15, 0.2) is 5.78 Å². The van der Waals surface area contributed by atoms with Crippen LogP contribution in [0.15, 0.2) is 42.6 Å². The Morgan fingerprint density at radius 2 is 1.69 bits per heavy atom. The van der Waals surface area contributed by atoms with Crippen molar-refractivity contribution in [2.24, 2.45) is 5.92 Å². The molecule has 0 atom stereocenters. The molecule has 0 radical (unpaired) electrons. The Kier molecular flexibility index (Phi) is 6.60. The lowest BCUT2D eigenvalue weighted by Gasteiger charge is -2.08. The number of pyridine rings is 1. The second kappa shape index (κ2) is 8.89. The van der Waals surface area contributed by atoms with Gasteiger partial charge in [0.2, 0.25) is 0 Å². The molecule has 0 unspecified atom stereocenters. The fourth-order valence-electron chi connectivity index (χ4n) is 2.25. The first-order valence-electron chi connectivity index (χ1n) is 8.53. The van der Waals surface area contributed by atoms with Crippen molar-refractivity contribution in [3.8, 4) is 0 Å². The smallest absolute Gasteiger partial charge is 0.269 e. The zero-order valence-corrected chi connectivity index (χ0v) is 15.2. The van der Waals surface area contributed by atoms with Gasteiger partial charge in [0.25, 0.3) is 11.8 Å². The number of carbonyl (C=O) groups is 3. The molecule has 0 aliphatic rings. The number of hydrogen-bond acceptors (Lipinski definition) is 4. The summed E-state index contributed by atoms with van der Waals surface area (Å²) >= 11 is 0. The van der Waals surface area contributed by atoms with Gasteiger partial charge in [0, 0.05) is 29.6 Å². The molecule has 0 bridgehead atoms. The Balaban J connectivity index is 2.03. The van der Waals surface area contributed by atoms with Gasteiger partial charge in [0.05, 0.1) is 0 Å². The number of anilines is 1. The van der Waals surface area contributed by atoms with Crippen molar-refractivity contribution in [3.63, 3.8) is 0 Å². The number of nitrogens with zero attached hydrogens (tertiary/aromatic N) is 1. The van der Waals surface area contributed by atoms with Gasteiger partial charge in [-0.1, -0.05) is 13.8 Å². The van der Waals surface area contributed by atoms with E-state index in [-0.39, 0.29) is 23.3 Å². The van der Waals surface area contributed by atoms with Gasteiger partial charge in [-0.25, -0.2) is 0 Å². The maximum atomic E-state index is 12.4. The minimum absolute atomic E-state index is 0.0369. The topological polar surface area (TPSA) is 88.2 Å². The summed E-state index contributed by atoms with van der Waals surface area (Å²) in [5.74, 6) is -0.190. The number of carbonyl (C=O) groups excluding carboxylic acids is 3. The van der Waals surface area contributed by atoms with E-state index in [0.29, 0.717) is 29.3 Å². The molecule has 6 heteroatoms. The molecule has 1 aromatic heterocycles. The van der Waals surface area contributed by atoms with E-state index < -0.39 is 0 Å². The number of nitrogens with one attached hydrogen (secondary N) is 2. The molecule has 6 nitrogen and oxygen atoms in total. The Morgan fingerprint density at radius 1 is 1.00 bits per heavy atom. The van der Waals surface area contributed by atoms with Gasteiger partial charge in [-0.3, -0.25) is 19.4 Å². The number of hydrogen-bond donors (Lipinski definition) is 2. The van der Waals surface area contributed by atoms with Crippen molar-refractivity contribution in [1.82, 2.24) is 10.3 Å². The van der Waals surface area contributed by atoms with E-state index in [1.807, 2.05) is 0 Å². The largest absolute Gasteiger partial charge is 0.351 e.